The molecule has 28 heavy (non-hydrogen) atoms. The maximum Gasteiger partial charge on any atom is 0.142 e. The molecule has 2 atom stereocenters. The first kappa shape index (κ1) is 19.0. The van der Waals surface area contributed by atoms with E-state index >= 15 is 0 Å². The number of β-amino-alcohol motifs (C(OH)–C–C–N with tert-alkyl or cyclic N) is 1. The van der Waals surface area contributed by atoms with Crippen molar-refractivity contribution >= 4 is 34.0 Å². The summed E-state index contributed by atoms with van der Waals surface area (Å²) in [5.74, 6) is 0.153. The van der Waals surface area contributed by atoms with Gasteiger partial charge >= 0.3 is 0 Å². The standard InChI is InChI=1S/C20H21ClFN5O/c21-14-8-13(4-5-15(14)22)26-20-19-12(2-1-3-17(19)24-11-25-20)9-27-7-6-16(23)18(28)10-27/h1-5,8,11,16,18,28H,6-7,9-10,23H2,(H,24,25,26)/t16-,18-/m1/s1. The number of aliphatic hydroxyl groups excluding tert-OH is 1. The van der Waals surface area contributed by atoms with Crippen LogP contribution in [0.2, 0.25) is 5.02 Å². The van der Waals surface area contributed by atoms with E-state index < -0.39 is 11.9 Å². The number of nitrogens with zero attached hydrogens (tertiary/aromatic N) is 3. The van der Waals surface area contributed by atoms with Crippen LogP contribution in [0.15, 0.2) is 42.7 Å². The number of aromatic nitrogens is 2. The first-order valence-electron chi connectivity index (χ1n) is 9.12. The number of hydrogen-bond donors (Lipinski definition) is 3. The van der Waals surface area contributed by atoms with Crippen LogP contribution in [0.4, 0.5) is 15.9 Å². The van der Waals surface area contributed by atoms with Gasteiger partial charge in [-0.3, -0.25) is 4.90 Å². The molecule has 0 bridgehead atoms. The average Bonchev–Trinajstić information content (AvgIpc) is 2.68. The molecule has 0 saturated carbocycles. The fourth-order valence-electron chi connectivity index (χ4n) is 3.52. The number of aliphatic hydroxyl groups is 1. The lowest BCUT2D eigenvalue weighted by molar-refractivity contribution is 0.0501. The van der Waals surface area contributed by atoms with E-state index in [-0.39, 0.29) is 11.1 Å². The van der Waals surface area contributed by atoms with E-state index in [1.54, 1.807) is 6.07 Å². The molecule has 0 unspecified atom stereocenters. The van der Waals surface area contributed by atoms with Crippen molar-refractivity contribution in [2.75, 3.05) is 18.4 Å². The fourth-order valence-corrected chi connectivity index (χ4v) is 3.70. The van der Waals surface area contributed by atoms with Gasteiger partial charge in [0.05, 0.1) is 16.6 Å². The van der Waals surface area contributed by atoms with Crippen LogP contribution in [-0.2, 0) is 6.54 Å². The lowest BCUT2D eigenvalue weighted by atomic mass is 10.0. The zero-order valence-corrected chi connectivity index (χ0v) is 15.9. The molecular weight excluding hydrogens is 381 g/mol. The predicted molar refractivity (Wildman–Crippen MR) is 108 cm³/mol. The minimum absolute atomic E-state index is 0.0437. The van der Waals surface area contributed by atoms with Crippen molar-refractivity contribution < 1.29 is 9.50 Å². The summed E-state index contributed by atoms with van der Waals surface area (Å²) in [6, 6.07) is 10.2. The number of nitrogens with two attached hydrogens (primary N) is 1. The van der Waals surface area contributed by atoms with Crippen LogP contribution < -0.4 is 11.1 Å². The number of likely N-dealkylation sites (tertiary alicyclic amines) is 1. The van der Waals surface area contributed by atoms with Gasteiger partial charge in [0.1, 0.15) is 18.0 Å². The SMILES string of the molecule is N[C@@H]1CCN(Cc2cccc3ncnc(Nc4ccc(F)c(Cl)c4)c23)C[C@H]1O. The minimum Gasteiger partial charge on any atom is -0.390 e. The van der Waals surface area contributed by atoms with Crippen molar-refractivity contribution in [2.24, 2.45) is 5.73 Å². The lowest BCUT2D eigenvalue weighted by Crippen LogP contribution is -2.50. The topological polar surface area (TPSA) is 87.3 Å². The number of rotatable bonds is 4. The third-order valence-electron chi connectivity index (χ3n) is 5.04. The molecule has 1 aromatic heterocycles. The number of anilines is 2. The summed E-state index contributed by atoms with van der Waals surface area (Å²) in [6.45, 7) is 1.99. The lowest BCUT2D eigenvalue weighted by Gasteiger charge is -2.34. The predicted octanol–water partition coefficient (Wildman–Crippen LogP) is 3.06. The number of benzene rings is 2. The number of hydrogen-bond acceptors (Lipinski definition) is 6. The second-order valence-electron chi connectivity index (χ2n) is 7.04. The van der Waals surface area contributed by atoms with E-state index in [1.165, 1.54) is 18.5 Å². The maximum absolute atomic E-state index is 13.5. The van der Waals surface area contributed by atoms with Gasteiger partial charge in [-0.05, 0) is 36.2 Å². The summed E-state index contributed by atoms with van der Waals surface area (Å²) in [5, 5.41) is 14.2. The number of fused-ring (bicyclic) bond motifs is 1. The highest BCUT2D eigenvalue weighted by atomic mass is 35.5. The summed E-state index contributed by atoms with van der Waals surface area (Å²) < 4.78 is 13.5. The minimum atomic E-state index is -0.529. The van der Waals surface area contributed by atoms with Crippen molar-refractivity contribution in [3.05, 3.63) is 59.1 Å². The fraction of sp³-hybridized carbons (Fsp3) is 0.300. The molecule has 146 valence electrons. The molecule has 2 heterocycles. The molecule has 0 amide bonds. The second-order valence-corrected chi connectivity index (χ2v) is 7.45. The van der Waals surface area contributed by atoms with Gasteiger partial charge in [-0.25, -0.2) is 14.4 Å². The van der Waals surface area contributed by atoms with Gasteiger partial charge in [-0.2, -0.15) is 0 Å². The van der Waals surface area contributed by atoms with Crippen LogP contribution in [0, 0.1) is 5.82 Å². The van der Waals surface area contributed by atoms with E-state index in [0.717, 1.165) is 29.4 Å². The molecular formula is C20H21ClFN5O. The molecule has 1 aliphatic rings. The van der Waals surface area contributed by atoms with Crippen molar-refractivity contribution in [3.63, 3.8) is 0 Å². The van der Waals surface area contributed by atoms with Gasteiger partial charge in [-0.1, -0.05) is 23.7 Å². The van der Waals surface area contributed by atoms with Crippen LogP contribution >= 0.6 is 11.6 Å². The Kier molecular flexibility index (Phi) is 5.41. The smallest absolute Gasteiger partial charge is 0.142 e. The van der Waals surface area contributed by atoms with Gasteiger partial charge in [0.25, 0.3) is 0 Å². The molecule has 0 spiro atoms. The Morgan fingerprint density at radius 2 is 2.14 bits per heavy atom. The zero-order valence-electron chi connectivity index (χ0n) is 15.1. The number of piperidine rings is 1. The van der Waals surface area contributed by atoms with E-state index in [1.807, 2.05) is 18.2 Å². The normalized spacial score (nSPS) is 20.4. The van der Waals surface area contributed by atoms with Gasteiger partial charge in [0.2, 0.25) is 0 Å². The third kappa shape index (κ3) is 3.93. The number of halogens is 2. The Bertz CT molecular complexity index is 996. The van der Waals surface area contributed by atoms with Crippen molar-refractivity contribution in [3.8, 4) is 0 Å². The first-order valence-corrected chi connectivity index (χ1v) is 9.50. The molecule has 4 rings (SSSR count). The largest absolute Gasteiger partial charge is 0.390 e. The highest BCUT2D eigenvalue weighted by Gasteiger charge is 2.25. The van der Waals surface area contributed by atoms with E-state index in [9.17, 15) is 9.50 Å². The van der Waals surface area contributed by atoms with Crippen LogP contribution in [0.25, 0.3) is 10.9 Å². The summed E-state index contributed by atoms with van der Waals surface area (Å²) in [5.41, 5.74) is 8.39. The molecule has 1 fully saturated rings. The Hall–Kier alpha value is -2.32. The highest BCUT2D eigenvalue weighted by molar-refractivity contribution is 6.31. The first-order chi connectivity index (χ1) is 13.5. The third-order valence-corrected chi connectivity index (χ3v) is 5.33. The average molecular weight is 402 g/mol. The Balaban J connectivity index is 1.67. The molecule has 1 saturated heterocycles. The molecule has 3 aromatic rings. The summed E-state index contributed by atoms with van der Waals surface area (Å²) >= 11 is 5.90. The van der Waals surface area contributed by atoms with Crippen LogP contribution in [0.3, 0.4) is 0 Å². The van der Waals surface area contributed by atoms with Gasteiger partial charge in [0.15, 0.2) is 0 Å². The molecule has 0 radical (unpaired) electrons. The van der Waals surface area contributed by atoms with Crippen LogP contribution in [-0.4, -0.2) is 45.2 Å². The highest BCUT2D eigenvalue weighted by Crippen LogP contribution is 2.29. The second kappa shape index (κ2) is 7.97. The monoisotopic (exact) mass is 401 g/mol. The van der Waals surface area contributed by atoms with Crippen LogP contribution in [0.5, 0.6) is 0 Å². The van der Waals surface area contributed by atoms with E-state index in [2.05, 4.69) is 20.2 Å². The molecule has 4 N–H and O–H groups in total. The molecule has 0 aliphatic carbocycles. The Morgan fingerprint density at radius 3 is 2.93 bits per heavy atom. The summed E-state index contributed by atoms with van der Waals surface area (Å²) in [6.07, 6.45) is 1.71. The maximum atomic E-state index is 13.5. The van der Waals surface area contributed by atoms with Gasteiger partial charge in [-0.15, -0.1) is 0 Å². The quantitative estimate of drug-likeness (QED) is 0.622. The van der Waals surface area contributed by atoms with E-state index in [4.69, 9.17) is 17.3 Å². The molecule has 6 nitrogen and oxygen atoms in total. The van der Waals surface area contributed by atoms with Crippen LogP contribution in [0.1, 0.15) is 12.0 Å². The van der Waals surface area contributed by atoms with E-state index in [0.29, 0.717) is 24.6 Å². The molecule has 2 aromatic carbocycles. The number of nitrogens with one attached hydrogen (secondary N) is 1. The zero-order chi connectivity index (χ0) is 19.7. The van der Waals surface area contributed by atoms with Crippen molar-refractivity contribution in [1.29, 1.82) is 0 Å². The summed E-state index contributed by atoms with van der Waals surface area (Å²) in [7, 11) is 0. The molecule has 8 heteroatoms. The Morgan fingerprint density at radius 1 is 1.29 bits per heavy atom. The van der Waals surface area contributed by atoms with Crippen molar-refractivity contribution in [1.82, 2.24) is 14.9 Å². The van der Waals surface area contributed by atoms with Gasteiger partial charge < -0.3 is 16.2 Å². The Labute approximate surface area is 167 Å². The van der Waals surface area contributed by atoms with Crippen molar-refractivity contribution in [2.45, 2.75) is 25.1 Å². The van der Waals surface area contributed by atoms with Gasteiger partial charge in [0, 0.05) is 36.7 Å². The summed E-state index contributed by atoms with van der Waals surface area (Å²) in [4.78, 5) is 10.9. The molecule has 1 aliphatic heterocycles.